The molecule has 1 fully saturated rings. The third-order valence-electron chi connectivity index (χ3n) is 5.78. The Bertz CT molecular complexity index is 1320. The van der Waals surface area contributed by atoms with Crippen LogP contribution in [0.1, 0.15) is 16.1 Å². The van der Waals surface area contributed by atoms with Gasteiger partial charge in [-0.3, -0.25) is 14.7 Å². The molecule has 1 aliphatic heterocycles. The summed E-state index contributed by atoms with van der Waals surface area (Å²) in [6.07, 6.45) is 3.14. The Morgan fingerprint density at radius 2 is 1.97 bits per heavy atom. The van der Waals surface area contributed by atoms with Crippen LogP contribution >= 0.6 is 11.3 Å². The standard InChI is InChI=1S/C24H26N8S/c1-16-21(32-14-17(7-8-19(32)29-16)13-31-11-9-27-10-12-31)24-30-20(18-5-3-2-4-6-18)22(33-24)23(26)28-15-25/h2-8,14-15,27H,9-13H2,1H3,(H3,25,26,28). The fourth-order valence-corrected chi connectivity index (χ4v) is 5.29. The van der Waals surface area contributed by atoms with E-state index in [4.69, 9.17) is 21.1 Å². The van der Waals surface area contributed by atoms with Crippen LogP contribution in [0, 0.1) is 12.3 Å². The van der Waals surface area contributed by atoms with Gasteiger partial charge in [0.05, 0.1) is 16.3 Å². The lowest BCUT2D eigenvalue weighted by molar-refractivity contribution is 0.233. The third-order valence-corrected chi connectivity index (χ3v) is 6.87. The number of pyridine rings is 1. The van der Waals surface area contributed by atoms with Crippen LogP contribution in [0.15, 0.2) is 53.7 Å². The number of piperazine rings is 1. The van der Waals surface area contributed by atoms with Crippen molar-refractivity contribution in [3.63, 3.8) is 0 Å². The zero-order valence-corrected chi connectivity index (χ0v) is 19.3. The largest absolute Gasteiger partial charge is 0.382 e. The molecule has 4 aromatic rings. The van der Waals surface area contributed by atoms with Gasteiger partial charge in [-0.2, -0.15) is 0 Å². The average Bonchev–Trinajstić information content (AvgIpc) is 3.41. The molecule has 9 heteroatoms. The fourth-order valence-electron chi connectivity index (χ4n) is 4.20. The number of thiazole rings is 1. The number of aromatic nitrogens is 3. The number of nitrogens with zero attached hydrogens (tertiary/aromatic N) is 5. The first-order valence-corrected chi connectivity index (χ1v) is 11.8. The molecule has 0 spiro atoms. The van der Waals surface area contributed by atoms with Gasteiger partial charge in [-0.25, -0.2) is 15.0 Å². The molecule has 0 atom stereocenters. The van der Waals surface area contributed by atoms with Crippen molar-refractivity contribution in [3.05, 3.63) is 64.8 Å². The minimum absolute atomic E-state index is 0.290. The number of aryl methyl sites for hydroxylation is 1. The Labute approximate surface area is 196 Å². The number of fused-ring (bicyclic) bond motifs is 1. The average molecular weight is 459 g/mol. The van der Waals surface area contributed by atoms with Gasteiger partial charge in [-0.05, 0) is 18.6 Å². The fraction of sp³-hybridized carbons (Fsp3) is 0.250. The van der Waals surface area contributed by atoms with Crippen molar-refractivity contribution in [2.24, 2.45) is 10.7 Å². The number of rotatable bonds is 6. The van der Waals surface area contributed by atoms with Crippen molar-refractivity contribution < 1.29 is 0 Å². The van der Waals surface area contributed by atoms with Gasteiger partial charge in [-0.1, -0.05) is 36.4 Å². The number of hydrogen-bond donors (Lipinski definition) is 3. The first kappa shape index (κ1) is 21.4. The van der Waals surface area contributed by atoms with Crippen molar-refractivity contribution >= 4 is 29.2 Å². The minimum atomic E-state index is 0.290. The maximum absolute atomic E-state index is 7.34. The normalized spacial score (nSPS) is 15.2. The summed E-state index contributed by atoms with van der Waals surface area (Å²) in [4.78, 5) is 17.0. The van der Waals surface area contributed by atoms with E-state index in [0.29, 0.717) is 5.84 Å². The molecule has 0 unspecified atom stereocenters. The highest BCUT2D eigenvalue weighted by Crippen LogP contribution is 2.35. The van der Waals surface area contributed by atoms with Crippen molar-refractivity contribution in [3.8, 4) is 22.0 Å². The quantitative estimate of drug-likeness (QED) is 0.304. The summed E-state index contributed by atoms with van der Waals surface area (Å²) < 4.78 is 2.13. The molecule has 1 aromatic carbocycles. The third kappa shape index (κ3) is 4.30. The van der Waals surface area contributed by atoms with Crippen molar-refractivity contribution in [2.75, 3.05) is 26.2 Å². The van der Waals surface area contributed by atoms with Crippen LogP contribution in [0.5, 0.6) is 0 Å². The van der Waals surface area contributed by atoms with Crippen molar-refractivity contribution in [2.45, 2.75) is 13.5 Å². The van der Waals surface area contributed by atoms with Crippen LogP contribution in [0.2, 0.25) is 0 Å². The monoisotopic (exact) mass is 458 g/mol. The van der Waals surface area contributed by atoms with Crippen LogP contribution in [0.25, 0.3) is 27.6 Å². The number of imidazole rings is 1. The summed E-state index contributed by atoms with van der Waals surface area (Å²) in [6.45, 7) is 7.08. The number of aliphatic imine (C=N–C) groups is 1. The van der Waals surface area contributed by atoms with E-state index in [-0.39, 0.29) is 0 Å². The summed E-state index contributed by atoms with van der Waals surface area (Å²) in [7, 11) is 0. The molecule has 0 aliphatic carbocycles. The summed E-state index contributed by atoms with van der Waals surface area (Å²) in [6, 6.07) is 14.2. The molecule has 3 aromatic heterocycles. The maximum atomic E-state index is 7.34. The lowest BCUT2D eigenvalue weighted by Crippen LogP contribution is -2.42. The summed E-state index contributed by atoms with van der Waals surface area (Å²) in [5.41, 5.74) is 12.0. The molecule has 168 valence electrons. The van der Waals surface area contributed by atoms with E-state index in [1.165, 1.54) is 16.9 Å². The number of amidine groups is 1. The van der Waals surface area contributed by atoms with Crippen LogP contribution in [0.3, 0.4) is 0 Å². The zero-order chi connectivity index (χ0) is 22.8. The van der Waals surface area contributed by atoms with Crippen LogP contribution < -0.4 is 11.1 Å². The molecular weight excluding hydrogens is 432 g/mol. The van der Waals surface area contributed by atoms with Crippen molar-refractivity contribution in [1.29, 1.82) is 5.41 Å². The van der Waals surface area contributed by atoms with E-state index in [9.17, 15) is 0 Å². The molecule has 8 nitrogen and oxygen atoms in total. The second-order valence-corrected chi connectivity index (χ2v) is 9.04. The molecule has 0 amide bonds. The molecule has 1 saturated heterocycles. The van der Waals surface area contributed by atoms with Crippen LogP contribution in [0.4, 0.5) is 0 Å². The van der Waals surface area contributed by atoms with Crippen LogP contribution in [-0.4, -0.2) is 57.6 Å². The van der Waals surface area contributed by atoms with Gasteiger partial charge in [-0.15, -0.1) is 11.3 Å². The summed E-state index contributed by atoms with van der Waals surface area (Å²) in [5.74, 6) is 0.290. The molecule has 4 N–H and O–H groups in total. The Kier molecular flexibility index (Phi) is 5.99. The predicted molar refractivity (Wildman–Crippen MR) is 134 cm³/mol. The van der Waals surface area contributed by atoms with E-state index in [2.05, 4.69) is 37.9 Å². The Hall–Kier alpha value is -3.40. The smallest absolute Gasteiger partial charge is 0.144 e. The highest BCUT2D eigenvalue weighted by molar-refractivity contribution is 7.17. The second kappa shape index (κ2) is 9.22. The Morgan fingerprint density at radius 3 is 2.73 bits per heavy atom. The minimum Gasteiger partial charge on any atom is -0.382 e. The molecule has 0 bridgehead atoms. The van der Waals surface area contributed by atoms with Gasteiger partial charge >= 0.3 is 0 Å². The van der Waals surface area contributed by atoms with Gasteiger partial charge in [0.15, 0.2) is 0 Å². The molecule has 33 heavy (non-hydrogen) atoms. The first-order chi connectivity index (χ1) is 16.1. The van der Waals surface area contributed by atoms with E-state index < -0.39 is 0 Å². The lowest BCUT2D eigenvalue weighted by atomic mass is 10.1. The van der Waals surface area contributed by atoms with E-state index in [0.717, 1.165) is 77.2 Å². The van der Waals surface area contributed by atoms with E-state index in [1.54, 1.807) is 0 Å². The second-order valence-electron chi connectivity index (χ2n) is 8.04. The number of nitrogens with one attached hydrogen (secondary N) is 2. The topological polar surface area (TPSA) is 108 Å². The maximum Gasteiger partial charge on any atom is 0.144 e. The Morgan fingerprint density at radius 1 is 1.18 bits per heavy atom. The first-order valence-electron chi connectivity index (χ1n) is 10.9. The Balaban J connectivity index is 1.61. The van der Waals surface area contributed by atoms with Gasteiger partial charge in [0.25, 0.3) is 0 Å². The van der Waals surface area contributed by atoms with Crippen LogP contribution in [-0.2, 0) is 6.54 Å². The molecule has 4 heterocycles. The molecule has 5 rings (SSSR count). The molecule has 0 saturated carbocycles. The van der Waals surface area contributed by atoms with Gasteiger partial charge < -0.3 is 11.1 Å². The van der Waals surface area contributed by atoms with E-state index >= 15 is 0 Å². The number of hydrogen-bond acceptors (Lipinski definition) is 6. The number of nitrogens with two attached hydrogens (primary N) is 1. The van der Waals surface area contributed by atoms with Gasteiger partial charge in [0, 0.05) is 44.5 Å². The van der Waals surface area contributed by atoms with E-state index in [1.807, 2.05) is 37.3 Å². The summed E-state index contributed by atoms with van der Waals surface area (Å²) >= 11 is 1.48. The van der Waals surface area contributed by atoms with Gasteiger partial charge in [0.1, 0.15) is 28.5 Å². The number of benzene rings is 1. The predicted octanol–water partition coefficient (Wildman–Crippen LogP) is 3.15. The molecular formula is C24H26N8S. The van der Waals surface area contributed by atoms with Gasteiger partial charge in [0.2, 0.25) is 0 Å². The molecule has 1 aliphatic rings. The summed E-state index contributed by atoms with van der Waals surface area (Å²) in [5, 5.41) is 11.6. The zero-order valence-electron chi connectivity index (χ0n) is 18.5. The highest BCUT2D eigenvalue weighted by Gasteiger charge is 2.21. The SMILES string of the molecule is Cc1nc2ccc(CN3CCNCC3)cn2c1-c1nc(-c2ccccc2)c(C(N)=NC=N)s1. The molecule has 0 radical (unpaired) electrons. The van der Waals surface area contributed by atoms with Crippen molar-refractivity contribution in [1.82, 2.24) is 24.6 Å². The highest BCUT2D eigenvalue weighted by atomic mass is 32.1. The lowest BCUT2D eigenvalue weighted by Gasteiger charge is -2.27.